The summed E-state index contributed by atoms with van der Waals surface area (Å²) < 4.78 is 0. The van der Waals surface area contributed by atoms with Gasteiger partial charge in [0.05, 0.1) is 0 Å². The van der Waals surface area contributed by atoms with Crippen LogP contribution in [0.25, 0.3) is 0 Å². The van der Waals surface area contributed by atoms with E-state index in [1.54, 1.807) is 17.5 Å². The normalized spacial score (nSPS) is 12.0. The van der Waals surface area contributed by atoms with Crippen molar-refractivity contribution in [1.29, 1.82) is 0 Å². The second-order valence-corrected chi connectivity index (χ2v) is 5.20. The highest BCUT2D eigenvalue weighted by molar-refractivity contribution is 7.13. The maximum atomic E-state index is 11.8. The van der Waals surface area contributed by atoms with Gasteiger partial charge in [-0.1, -0.05) is 6.07 Å². The molecule has 6 nitrogen and oxygen atoms in total. The fourth-order valence-corrected chi connectivity index (χ4v) is 2.62. The molecule has 1 atom stereocenters. The van der Waals surface area contributed by atoms with Crippen molar-refractivity contribution in [2.75, 3.05) is 5.73 Å². The summed E-state index contributed by atoms with van der Waals surface area (Å²) in [5.74, 6) is -1.67. The molecule has 0 aliphatic rings. The average molecular weight is 283 g/mol. The lowest BCUT2D eigenvalue weighted by molar-refractivity contribution is -0.139. The monoisotopic (exact) mass is 283 g/mol. The topological polar surface area (TPSA) is 105 Å². The number of anilines is 1. The second kappa shape index (κ2) is 5.15. The molecule has 0 bridgehead atoms. The largest absolute Gasteiger partial charge is 0.479 e. The number of rotatable bonds is 4. The van der Waals surface area contributed by atoms with Crippen LogP contribution in [-0.4, -0.2) is 22.0 Å². The molecule has 0 spiro atoms. The predicted molar refractivity (Wildman–Crippen MR) is 68.7 cm³/mol. The Morgan fingerprint density at radius 3 is 2.72 bits per heavy atom. The van der Waals surface area contributed by atoms with E-state index in [1.807, 2.05) is 0 Å². The van der Waals surface area contributed by atoms with Crippen LogP contribution < -0.4 is 11.1 Å². The van der Waals surface area contributed by atoms with Crippen molar-refractivity contribution < 1.29 is 14.7 Å². The Hall–Kier alpha value is -1.93. The molecule has 1 unspecified atom stereocenters. The summed E-state index contributed by atoms with van der Waals surface area (Å²) in [6.07, 6.45) is 0. The van der Waals surface area contributed by atoms with Gasteiger partial charge in [0.15, 0.2) is 11.2 Å². The molecule has 1 amide bonds. The Morgan fingerprint density at radius 2 is 2.22 bits per heavy atom. The van der Waals surface area contributed by atoms with Gasteiger partial charge in [-0.15, -0.1) is 22.7 Å². The molecule has 8 heteroatoms. The number of carboxylic acids is 1. The summed E-state index contributed by atoms with van der Waals surface area (Å²) in [5.41, 5.74) is 5.54. The van der Waals surface area contributed by atoms with Crippen molar-refractivity contribution in [3.8, 4) is 0 Å². The third kappa shape index (κ3) is 2.66. The van der Waals surface area contributed by atoms with Gasteiger partial charge in [0.1, 0.15) is 5.69 Å². The number of nitrogens with two attached hydrogens (primary N) is 1. The zero-order valence-corrected chi connectivity index (χ0v) is 10.6. The maximum absolute atomic E-state index is 11.8. The van der Waals surface area contributed by atoms with Gasteiger partial charge >= 0.3 is 5.97 Å². The van der Waals surface area contributed by atoms with Crippen LogP contribution in [-0.2, 0) is 4.79 Å². The summed E-state index contributed by atoms with van der Waals surface area (Å²) in [7, 11) is 0. The van der Waals surface area contributed by atoms with Gasteiger partial charge in [0.25, 0.3) is 5.91 Å². The number of amides is 1. The van der Waals surface area contributed by atoms with E-state index in [9.17, 15) is 9.59 Å². The van der Waals surface area contributed by atoms with Crippen LogP contribution in [0.5, 0.6) is 0 Å². The minimum Gasteiger partial charge on any atom is -0.479 e. The van der Waals surface area contributed by atoms with Gasteiger partial charge in [-0.25, -0.2) is 9.78 Å². The molecule has 0 fully saturated rings. The fraction of sp³-hybridized carbons (Fsp3) is 0.100. The second-order valence-electron chi connectivity index (χ2n) is 3.33. The smallest absolute Gasteiger partial charge is 0.331 e. The van der Waals surface area contributed by atoms with Crippen LogP contribution in [0.4, 0.5) is 5.13 Å². The lowest BCUT2D eigenvalue weighted by Gasteiger charge is -2.11. The summed E-state index contributed by atoms with van der Waals surface area (Å²) >= 11 is 2.39. The minimum atomic E-state index is -1.12. The number of carboxylic acid groups (broad SMARTS) is 1. The summed E-state index contributed by atoms with van der Waals surface area (Å²) in [6.45, 7) is 0. The van der Waals surface area contributed by atoms with Gasteiger partial charge in [0, 0.05) is 10.3 Å². The molecular weight excluding hydrogens is 274 g/mol. The molecule has 0 aliphatic carbocycles. The molecule has 2 aromatic heterocycles. The number of hydrogen-bond acceptors (Lipinski definition) is 6. The van der Waals surface area contributed by atoms with Crippen molar-refractivity contribution in [3.05, 3.63) is 33.5 Å². The maximum Gasteiger partial charge on any atom is 0.331 e. The number of carbonyl (C=O) groups excluding carboxylic acids is 1. The molecule has 0 saturated carbocycles. The van der Waals surface area contributed by atoms with Crippen LogP contribution in [0.1, 0.15) is 21.4 Å². The van der Waals surface area contributed by atoms with Crippen molar-refractivity contribution >= 4 is 39.7 Å². The Balaban J connectivity index is 2.15. The van der Waals surface area contributed by atoms with E-state index < -0.39 is 17.9 Å². The van der Waals surface area contributed by atoms with E-state index in [0.29, 0.717) is 4.88 Å². The highest BCUT2D eigenvalue weighted by Crippen LogP contribution is 2.20. The van der Waals surface area contributed by atoms with Crippen molar-refractivity contribution in [3.63, 3.8) is 0 Å². The summed E-state index contributed by atoms with van der Waals surface area (Å²) in [6, 6.07) is 2.31. The van der Waals surface area contributed by atoms with E-state index in [4.69, 9.17) is 10.8 Å². The molecule has 0 aliphatic heterocycles. The molecule has 4 N–H and O–H groups in total. The van der Waals surface area contributed by atoms with Gasteiger partial charge in [-0.2, -0.15) is 0 Å². The Morgan fingerprint density at radius 1 is 1.44 bits per heavy atom. The number of hydrogen-bond donors (Lipinski definition) is 3. The minimum absolute atomic E-state index is 0.125. The van der Waals surface area contributed by atoms with Crippen LogP contribution in [0.15, 0.2) is 22.9 Å². The third-order valence-electron chi connectivity index (χ3n) is 2.10. The third-order valence-corrected chi connectivity index (χ3v) is 3.72. The lowest BCUT2D eigenvalue weighted by atomic mass is 10.2. The standard InChI is InChI=1S/C10H9N3O3S2/c11-10-12-5(4-18-10)8(14)13-7(9(15)16)6-2-1-3-17-6/h1-4,7H,(H2,11,12)(H,13,14)(H,15,16). The first-order valence-electron chi connectivity index (χ1n) is 4.86. The van der Waals surface area contributed by atoms with Crippen molar-refractivity contribution in [1.82, 2.24) is 10.3 Å². The Bertz CT molecular complexity index is 565. The number of thiazole rings is 1. The quantitative estimate of drug-likeness (QED) is 0.785. The highest BCUT2D eigenvalue weighted by Gasteiger charge is 2.24. The van der Waals surface area contributed by atoms with Gasteiger partial charge in [-0.3, -0.25) is 4.79 Å². The molecule has 2 aromatic rings. The molecule has 2 rings (SSSR count). The van der Waals surface area contributed by atoms with E-state index in [2.05, 4.69) is 10.3 Å². The zero-order chi connectivity index (χ0) is 13.1. The number of nitrogens with zero attached hydrogens (tertiary/aromatic N) is 1. The number of nitrogen functional groups attached to an aromatic ring is 1. The van der Waals surface area contributed by atoms with Gasteiger partial charge < -0.3 is 16.2 Å². The van der Waals surface area contributed by atoms with E-state index in [1.165, 1.54) is 16.7 Å². The molecule has 0 radical (unpaired) electrons. The Kier molecular flexibility index (Phi) is 3.58. The van der Waals surface area contributed by atoms with Crippen LogP contribution >= 0.6 is 22.7 Å². The molecule has 0 aromatic carbocycles. The Labute approximate surface area is 110 Å². The molecular formula is C10H9N3O3S2. The molecule has 2 heterocycles. The fourth-order valence-electron chi connectivity index (χ4n) is 1.31. The molecule has 0 saturated heterocycles. The van der Waals surface area contributed by atoms with Gasteiger partial charge in [0.2, 0.25) is 0 Å². The van der Waals surface area contributed by atoms with E-state index in [0.717, 1.165) is 11.3 Å². The lowest BCUT2D eigenvalue weighted by Crippen LogP contribution is -2.33. The van der Waals surface area contributed by atoms with Crippen LogP contribution in [0.2, 0.25) is 0 Å². The number of thiophene rings is 1. The summed E-state index contributed by atoms with van der Waals surface area (Å²) in [4.78, 5) is 27.3. The van der Waals surface area contributed by atoms with Crippen molar-refractivity contribution in [2.45, 2.75) is 6.04 Å². The first kappa shape index (κ1) is 12.5. The number of carbonyl (C=O) groups is 2. The number of aromatic nitrogens is 1. The van der Waals surface area contributed by atoms with Crippen molar-refractivity contribution in [2.24, 2.45) is 0 Å². The van der Waals surface area contributed by atoms with Crippen LogP contribution in [0, 0.1) is 0 Å². The average Bonchev–Trinajstić information content (AvgIpc) is 2.95. The first-order chi connectivity index (χ1) is 8.58. The van der Waals surface area contributed by atoms with E-state index in [-0.39, 0.29) is 10.8 Å². The SMILES string of the molecule is Nc1nc(C(=O)NC(C(=O)O)c2cccs2)cs1. The first-order valence-corrected chi connectivity index (χ1v) is 6.62. The van der Waals surface area contributed by atoms with Gasteiger partial charge in [-0.05, 0) is 11.4 Å². The molecule has 94 valence electrons. The number of aliphatic carboxylic acids is 1. The predicted octanol–water partition coefficient (Wildman–Crippen LogP) is 1.34. The van der Waals surface area contributed by atoms with Crippen LogP contribution in [0.3, 0.4) is 0 Å². The van der Waals surface area contributed by atoms with E-state index >= 15 is 0 Å². The zero-order valence-electron chi connectivity index (χ0n) is 8.99. The number of nitrogens with one attached hydrogen (secondary N) is 1. The molecule has 18 heavy (non-hydrogen) atoms. The highest BCUT2D eigenvalue weighted by atomic mass is 32.1. The summed E-state index contributed by atoms with van der Waals surface area (Å²) in [5, 5.41) is 15.0.